The predicted octanol–water partition coefficient (Wildman–Crippen LogP) is 2.45. The van der Waals surface area contributed by atoms with Crippen LogP contribution >= 0.6 is 24.0 Å². The number of anilines is 1. The molecule has 0 saturated heterocycles. The summed E-state index contributed by atoms with van der Waals surface area (Å²) in [4.78, 5) is 11.7. The van der Waals surface area contributed by atoms with Crippen molar-refractivity contribution in [1.82, 2.24) is 0 Å². The van der Waals surface area contributed by atoms with E-state index >= 15 is 0 Å². The third kappa shape index (κ3) is 4.45. The molecule has 1 atom stereocenters. The van der Waals surface area contributed by atoms with Gasteiger partial charge in [0.15, 0.2) is 0 Å². The summed E-state index contributed by atoms with van der Waals surface area (Å²) in [6.07, 6.45) is 0.554. The molecule has 3 N–H and O–H groups in total. The fraction of sp³-hybridized carbons (Fsp3) is 0.417. The van der Waals surface area contributed by atoms with Crippen LogP contribution in [0.4, 0.5) is 5.69 Å². The smallest absolute Gasteiger partial charge is 0.241 e. The van der Waals surface area contributed by atoms with Crippen molar-refractivity contribution in [3.8, 4) is 11.5 Å². The molecule has 0 saturated carbocycles. The summed E-state index contributed by atoms with van der Waals surface area (Å²) in [6.45, 7) is 1.84. The van der Waals surface area contributed by atoms with Crippen LogP contribution < -0.4 is 20.5 Å². The molecule has 0 spiro atoms. The predicted molar refractivity (Wildman–Crippen MR) is 78.7 cm³/mol. The molecule has 0 radical (unpaired) electrons. The van der Waals surface area contributed by atoms with Gasteiger partial charge in [0.05, 0.1) is 31.0 Å². The average molecular weight is 309 g/mol. The molecular weight excluding hydrogens is 291 g/mol. The van der Waals surface area contributed by atoms with Crippen LogP contribution in [0.3, 0.4) is 0 Å². The van der Waals surface area contributed by atoms with Crippen LogP contribution in [0.25, 0.3) is 0 Å². The molecule has 7 heteroatoms. The van der Waals surface area contributed by atoms with Crippen molar-refractivity contribution in [2.24, 2.45) is 5.73 Å². The second-order valence-electron chi connectivity index (χ2n) is 3.69. The van der Waals surface area contributed by atoms with Crippen molar-refractivity contribution >= 4 is 35.6 Å². The van der Waals surface area contributed by atoms with Crippen LogP contribution in [0.2, 0.25) is 5.02 Å². The first kappa shape index (κ1) is 17.8. The first-order valence-corrected chi connectivity index (χ1v) is 5.89. The van der Waals surface area contributed by atoms with Crippen molar-refractivity contribution in [2.45, 2.75) is 19.4 Å². The number of hydrogen-bond acceptors (Lipinski definition) is 4. The van der Waals surface area contributed by atoms with Crippen molar-refractivity contribution in [3.63, 3.8) is 0 Å². The number of ether oxygens (including phenoxy) is 2. The molecule has 0 aliphatic carbocycles. The second-order valence-corrected chi connectivity index (χ2v) is 4.10. The van der Waals surface area contributed by atoms with E-state index in [9.17, 15) is 4.79 Å². The van der Waals surface area contributed by atoms with Gasteiger partial charge in [0.1, 0.15) is 11.5 Å². The Hall–Kier alpha value is -1.17. The highest BCUT2D eigenvalue weighted by Gasteiger charge is 2.15. The Labute approximate surface area is 123 Å². The first-order valence-electron chi connectivity index (χ1n) is 5.51. The summed E-state index contributed by atoms with van der Waals surface area (Å²) in [6, 6.07) is 2.62. The van der Waals surface area contributed by atoms with E-state index in [1.807, 2.05) is 6.92 Å². The highest BCUT2D eigenvalue weighted by molar-refractivity contribution is 6.32. The minimum Gasteiger partial charge on any atom is -0.495 e. The summed E-state index contributed by atoms with van der Waals surface area (Å²) in [7, 11) is 2.99. The van der Waals surface area contributed by atoms with Gasteiger partial charge in [-0.25, -0.2) is 0 Å². The summed E-state index contributed by atoms with van der Waals surface area (Å²) in [5, 5.41) is 3.10. The SMILES string of the molecule is CC[C@H](N)C(=O)Nc1cc(OC)c(Cl)cc1OC.Cl. The van der Waals surface area contributed by atoms with Crippen LogP contribution in [0.5, 0.6) is 11.5 Å². The quantitative estimate of drug-likeness (QED) is 0.876. The van der Waals surface area contributed by atoms with E-state index in [0.717, 1.165) is 0 Å². The number of nitrogens with one attached hydrogen (secondary N) is 1. The average Bonchev–Trinajstić information content (AvgIpc) is 2.38. The number of amides is 1. The highest BCUT2D eigenvalue weighted by atomic mass is 35.5. The van der Waals surface area contributed by atoms with Gasteiger partial charge in [-0.15, -0.1) is 12.4 Å². The summed E-state index contributed by atoms with van der Waals surface area (Å²) in [5.74, 6) is 0.635. The molecule has 0 fully saturated rings. The van der Waals surface area contributed by atoms with E-state index < -0.39 is 6.04 Å². The minimum absolute atomic E-state index is 0. The molecule has 0 bridgehead atoms. The minimum atomic E-state index is -0.559. The van der Waals surface area contributed by atoms with Crippen molar-refractivity contribution in [1.29, 1.82) is 0 Å². The zero-order valence-corrected chi connectivity index (χ0v) is 12.6. The van der Waals surface area contributed by atoms with Crippen LogP contribution in [-0.2, 0) is 4.79 Å². The maximum absolute atomic E-state index is 11.7. The molecule has 1 aromatic carbocycles. The number of halogens is 2. The lowest BCUT2D eigenvalue weighted by Crippen LogP contribution is -2.34. The van der Waals surface area contributed by atoms with Gasteiger partial charge in [-0.05, 0) is 6.42 Å². The van der Waals surface area contributed by atoms with Gasteiger partial charge in [-0.2, -0.15) is 0 Å². The van der Waals surface area contributed by atoms with Crippen LogP contribution in [0.1, 0.15) is 13.3 Å². The fourth-order valence-corrected chi connectivity index (χ4v) is 1.60. The lowest BCUT2D eigenvalue weighted by atomic mass is 10.2. The molecule has 5 nitrogen and oxygen atoms in total. The Morgan fingerprint density at radius 3 is 2.42 bits per heavy atom. The van der Waals surface area contributed by atoms with Crippen LogP contribution in [-0.4, -0.2) is 26.2 Å². The number of hydrogen-bond donors (Lipinski definition) is 2. The van der Waals surface area contributed by atoms with Gasteiger partial charge in [0, 0.05) is 12.1 Å². The Morgan fingerprint density at radius 1 is 1.37 bits per heavy atom. The lowest BCUT2D eigenvalue weighted by molar-refractivity contribution is -0.117. The Balaban J connectivity index is 0.00000324. The molecule has 1 aromatic rings. The molecular formula is C12H18Cl2N2O3. The topological polar surface area (TPSA) is 73.6 Å². The Morgan fingerprint density at radius 2 is 1.95 bits per heavy atom. The van der Waals surface area contributed by atoms with E-state index in [-0.39, 0.29) is 18.3 Å². The van der Waals surface area contributed by atoms with Crippen molar-refractivity contribution in [2.75, 3.05) is 19.5 Å². The molecule has 19 heavy (non-hydrogen) atoms. The third-order valence-corrected chi connectivity index (χ3v) is 2.80. The largest absolute Gasteiger partial charge is 0.495 e. The molecule has 108 valence electrons. The zero-order valence-electron chi connectivity index (χ0n) is 11.0. The van der Waals surface area contributed by atoms with E-state index in [2.05, 4.69) is 5.32 Å². The Kier molecular flexibility index (Phi) is 7.59. The Bertz CT molecular complexity index is 441. The van der Waals surface area contributed by atoms with E-state index in [0.29, 0.717) is 28.6 Å². The van der Waals surface area contributed by atoms with Gasteiger partial charge in [0.25, 0.3) is 0 Å². The number of carbonyl (C=O) groups is 1. The number of rotatable bonds is 5. The molecule has 1 rings (SSSR count). The van der Waals surface area contributed by atoms with Crippen molar-refractivity contribution in [3.05, 3.63) is 17.2 Å². The summed E-state index contributed by atoms with van der Waals surface area (Å²) < 4.78 is 10.2. The van der Waals surface area contributed by atoms with E-state index in [1.165, 1.54) is 14.2 Å². The number of benzene rings is 1. The maximum Gasteiger partial charge on any atom is 0.241 e. The number of nitrogens with two attached hydrogens (primary N) is 1. The maximum atomic E-state index is 11.7. The van der Waals surface area contributed by atoms with E-state index in [1.54, 1.807) is 12.1 Å². The van der Waals surface area contributed by atoms with Crippen LogP contribution in [0, 0.1) is 0 Å². The summed E-state index contributed by atoms with van der Waals surface area (Å²) >= 11 is 5.96. The normalized spacial score (nSPS) is 11.2. The molecule has 0 aromatic heterocycles. The molecule has 0 aliphatic rings. The first-order chi connectivity index (χ1) is 8.53. The molecule has 0 heterocycles. The van der Waals surface area contributed by atoms with Gasteiger partial charge in [-0.1, -0.05) is 18.5 Å². The fourth-order valence-electron chi connectivity index (χ4n) is 1.37. The number of carbonyl (C=O) groups excluding carboxylic acids is 1. The van der Waals surface area contributed by atoms with Gasteiger partial charge in [0.2, 0.25) is 5.91 Å². The van der Waals surface area contributed by atoms with Crippen molar-refractivity contribution < 1.29 is 14.3 Å². The van der Waals surface area contributed by atoms with Gasteiger partial charge >= 0.3 is 0 Å². The molecule has 0 unspecified atom stereocenters. The number of methoxy groups -OCH3 is 2. The van der Waals surface area contributed by atoms with Gasteiger partial charge < -0.3 is 20.5 Å². The third-order valence-electron chi connectivity index (χ3n) is 2.51. The monoisotopic (exact) mass is 308 g/mol. The van der Waals surface area contributed by atoms with E-state index in [4.69, 9.17) is 26.8 Å². The second kappa shape index (κ2) is 8.09. The summed E-state index contributed by atoms with van der Waals surface area (Å²) in [5.41, 5.74) is 6.13. The standard InChI is InChI=1S/C12H17ClN2O3.ClH/c1-4-8(14)12(16)15-9-6-10(17-2)7(13)5-11(9)18-3;/h5-6,8H,4,14H2,1-3H3,(H,15,16);1H/t8-;/m0./s1. The molecule has 0 aliphatic heterocycles. The molecule has 1 amide bonds. The lowest BCUT2D eigenvalue weighted by Gasteiger charge is -2.15. The zero-order chi connectivity index (χ0) is 13.7. The highest BCUT2D eigenvalue weighted by Crippen LogP contribution is 2.35. The van der Waals surface area contributed by atoms with Gasteiger partial charge in [-0.3, -0.25) is 4.79 Å². The van der Waals surface area contributed by atoms with Crippen LogP contribution in [0.15, 0.2) is 12.1 Å².